The Hall–Kier alpha value is -1.12. The number of rotatable bonds is 4. The first-order valence-corrected chi connectivity index (χ1v) is 8.36. The minimum absolute atomic E-state index is 0.0365. The molecule has 0 atom stereocenters. The maximum Gasteiger partial charge on any atom is 0.452 e. The van der Waals surface area contributed by atoms with Crippen molar-refractivity contribution in [2.75, 3.05) is 6.26 Å². The molecule has 1 aromatic carbocycles. The van der Waals surface area contributed by atoms with Crippen LogP contribution in [0.25, 0.3) is 5.69 Å². The second-order valence-electron chi connectivity index (χ2n) is 4.74. The largest absolute Gasteiger partial charge is 0.489 e. The topological polar surface area (TPSA) is 39.9 Å². The van der Waals surface area contributed by atoms with E-state index in [1.165, 1.54) is 12.1 Å². The fourth-order valence-corrected chi connectivity index (χ4v) is 2.77. The molecule has 0 aliphatic carbocycles. The number of hydrogen-bond donors (Lipinski definition) is 0. The van der Waals surface area contributed by atoms with E-state index in [9.17, 15) is 13.2 Å². The molecule has 126 valence electrons. The summed E-state index contributed by atoms with van der Waals surface area (Å²) in [4.78, 5) is 0. The van der Waals surface area contributed by atoms with E-state index in [1.807, 2.05) is 0 Å². The molecule has 0 amide bonds. The zero-order chi connectivity index (χ0) is 17.4. The third-order valence-electron chi connectivity index (χ3n) is 2.67. The van der Waals surface area contributed by atoms with Gasteiger partial charge in [0, 0.05) is 6.07 Å². The van der Waals surface area contributed by atoms with Crippen molar-refractivity contribution >= 4 is 35.0 Å². The van der Waals surface area contributed by atoms with E-state index < -0.39 is 12.0 Å². The van der Waals surface area contributed by atoms with Crippen LogP contribution >= 0.6 is 35.0 Å². The zero-order valence-corrected chi connectivity index (χ0v) is 14.6. The summed E-state index contributed by atoms with van der Waals surface area (Å²) in [5.41, 5.74) is 0.0365. The Bertz CT molecular complexity index is 719. The van der Waals surface area contributed by atoms with Gasteiger partial charge in [-0.1, -0.05) is 35.0 Å². The highest BCUT2D eigenvalue weighted by Crippen LogP contribution is 2.38. The number of hydrogen-bond acceptors (Lipinski definition) is 4. The van der Waals surface area contributed by atoms with Gasteiger partial charge in [-0.25, -0.2) is 0 Å². The van der Waals surface area contributed by atoms with Crippen molar-refractivity contribution in [2.45, 2.75) is 31.3 Å². The van der Waals surface area contributed by atoms with Crippen LogP contribution in [0.1, 0.15) is 19.7 Å². The number of benzene rings is 1. The molecule has 0 spiro atoms. The van der Waals surface area contributed by atoms with Crippen LogP contribution < -0.4 is 4.74 Å². The summed E-state index contributed by atoms with van der Waals surface area (Å²) < 4.78 is 45.7. The smallest absolute Gasteiger partial charge is 0.452 e. The summed E-state index contributed by atoms with van der Waals surface area (Å²) >= 11 is 13.2. The number of nitrogens with zero attached hydrogens (tertiary/aromatic N) is 3. The molecular formula is C13H12Cl2F3N3OS. The summed E-state index contributed by atoms with van der Waals surface area (Å²) in [5.74, 6) is -0.875. The van der Waals surface area contributed by atoms with E-state index in [0.717, 1.165) is 16.3 Å². The lowest BCUT2D eigenvalue weighted by Gasteiger charge is -2.16. The normalized spacial score (nSPS) is 12.0. The van der Waals surface area contributed by atoms with Crippen LogP contribution in [0.5, 0.6) is 5.75 Å². The maximum atomic E-state index is 13.1. The third kappa shape index (κ3) is 3.87. The van der Waals surface area contributed by atoms with Gasteiger partial charge in [0.05, 0.1) is 21.8 Å². The van der Waals surface area contributed by atoms with Gasteiger partial charge in [0.1, 0.15) is 5.75 Å². The summed E-state index contributed by atoms with van der Waals surface area (Å²) in [7, 11) is 0. The van der Waals surface area contributed by atoms with Gasteiger partial charge in [0.2, 0.25) is 5.82 Å². The van der Waals surface area contributed by atoms with Crippen LogP contribution in [-0.2, 0) is 6.18 Å². The molecule has 10 heteroatoms. The van der Waals surface area contributed by atoms with Gasteiger partial charge in [-0.15, -0.1) is 10.2 Å². The fraction of sp³-hybridized carbons (Fsp3) is 0.385. The molecular weight excluding hydrogens is 374 g/mol. The molecule has 0 fully saturated rings. The van der Waals surface area contributed by atoms with Gasteiger partial charge in [-0.2, -0.15) is 13.2 Å². The minimum Gasteiger partial charge on any atom is -0.489 e. The number of ether oxygens (including phenoxy) is 1. The average molecular weight is 386 g/mol. The van der Waals surface area contributed by atoms with Gasteiger partial charge < -0.3 is 4.74 Å². The highest BCUT2D eigenvalue weighted by molar-refractivity contribution is 7.98. The molecule has 0 aliphatic rings. The first kappa shape index (κ1) is 18.2. The third-order valence-corrected chi connectivity index (χ3v) is 3.90. The molecule has 0 aliphatic heterocycles. The van der Waals surface area contributed by atoms with Crippen molar-refractivity contribution in [1.29, 1.82) is 0 Å². The molecule has 1 aromatic heterocycles. The van der Waals surface area contributed by atoms with E-state index >= 15 is 0 Å². The average Bonchev–Trinajstić information content (AvgIpc) is 2.85. The number of aromatic nitrogens is 3. The van der Waals surface area contributed by atoms with E-state index in [-0.39, 0.29) is 27.0 Å². The molecule has 0 saturated carbocycles. The molecule has 0 saturated heterocycles. The Morgan fingerprint density at radius 3 is 2.35 bits per heavy atom. The SMILES string of the molecule is CSc1nnc(C(F)(F)F)n1-c1cc(Cl)c(OC(C)C)cc1Cl. The maximum absolute atomic E-state index is 13.1. The Morgan fingerprint density at radius 2 is 1.83 bits per heavy atom. The van der Waals surface area contributed by atoms with Crippen LogP contribution in [0.3, 0.4) is 0 Å². The van der Waals surface area contributed by atoms with E-state index in [0.29, 0.717) is 5.75 Å². The lowest BCUT2D eigenvalue weighted by Crippen LogP contribution is -2.15. The Morgan fingerprint density at radius 1 is 1.17 bits per heavy atom. The van der Waals surface area contributed by atoms with Gasteiger partial charge >= 0.3 is 6.18 Å². The van der Waals surface area contributed by atoms with Crippen LogP contribution in [-0.4, -0.2) is 27.1 Å². The minimum atomic E-state index is -4.68. The second-order valence-corrected chi connectivity index (χ2v) is 6.33. The lowest BCUT2D eigenvalue weighted by molar-refractivity contribution is -0.146. The van der Waals surface area contributed by atoms with E-state index in [2.05, 4.69) is 10.2 Å². The summed E-state index contributed by atoms with van der Waals surface area (Å²) in [6, 6.07) is 2.68. The van der Waals surface area contributed by atoms with Gasteiger partial charge in [-0.3, -0.25) is 4.57 Å². The van der Waals surface area contributed by atoms with Gasteiger partial charge in [0.15, 0.2) is 5.16 Å². The summed E-state index contributed by atoms with van der Waals surface area (Å²) in [6.07, 6.45) is -3.24. The van der Waals surface area contributed by atoms with Crippen molar-refractivity contribution in [3.63, 3.8) is 0 Å². The molecule has 2 rings (SSSR count). The highest BCUT2D eigenvalue weighted by atomic mass is 35.5. The van der Waals surface area contributed by atoms with Crippen LogP contribution in [0.4, 0.5) is 13.2 Å². The van der Waals surface area contributed by atoms with Crippen molar-refractivity contribution < 1.29 is 17.9 Å². The number of thioether (sulfide) groups is 1. The van der Waals surface area contributed by atoms with Crippen molar-refractivity contribution in [3.05, 3.63) is 28.0 Å². The van der Waals surface area contributed by atoms with Gasteiger partial charge in [-0.05, 0) is 26.2 Å². The predicted octanol–water partition coefficient (Wildman–Crippen LogP) is 5.10. The van der Waals surface area contributed by atoms with Crippen molar-refractivity contribution in [2.24, 2.45) is 0 Å². The van der Waals surface area contributed by atoms with Crippen molar-refractivity contribution in [3.8, 4) is 11.4 Å². The molecule has 2 aromatic rings. The predicted molar refractivity (Wildman–Crippen MR) is 83.9 cm³/mol. The van der Waals surface area contributed by atoms with Crippen LogP contribution in [0.15, 0.2) is 17.3 Å². The molecule has 0 bridgehead atoms. The Kier molecular flexibility index (Phi) is 5.37. The first-order valence-electron chi connectivity index (χ1n) is 6.37. The van der Waals surface area contributed by atoms with E-state index in [4.69, 9.17) is 27.9 Å². The molecule has 0 unspecified atom stereocenters. The van der Waals surface area contributed by atoms with E-state index in [1.54, 1.807) is 20.1 Å². The highest BCUT2D eigenvalue weighted by Gasteiger charge is 2.39. The number of alkyl halides is 3. The fourth-order valence-electron chi connectivity index (χ4n) is 1.84. The van der Waals surface area contributed by atoms with Crippen molar-refractivity contribution in [1.82, 2.24) is 14.8 Å². The van der Waals surface area contributed by atoms with Crippen LogP contribution in [0, 0.1) is 0 Å². The quantitative estimate of drug-likeness (QED) is 0.686. The second kappa shape index (κ2) is 6.78. The molecule has 23 heavy (non-hydrogen) atoms. The molecule has 0 radical (unpaired) electrons. The molecule has 1 heterocycles. The standard InChI is InChI=1S/C13H12Cl2F3N3OS/c1-6(2)22-10-5-7(14)9(4-8(10)15)21-11(13(16,17)18)19-20-12(21)23-3/h4-6H,1-3H3. The Balaban J connectivity index is 2.63. The molecule has 4 nitrogen and oxygen atoms in total. The monoisotopic (exact) mass is 385 g/mol. The Labute approximate surface area is 144 Å². The summed E-state index contributed by atoms with van der Waals surface area (Å²) in [5, 5.41) is 6.99. The van der Waals surface area contributed by atoms with Gasteiger partial charge in [0.25, 0.3) is 0 Å². The zero-order valence-electron chi connectivity index (χ0n) is 12.3. The summed E-state index contributed by atoms with van der Waals surface area (Å²) in [6.45, 7) is 3.59. The molecule has 0 N–H and O–H groups in total. The van der Waals surface area contributed by atoms with Crippen LogP contribution in [0.2, 0.25) is 10.0 Å². The number of halogens is 5. The first-order chi connectivity index (χ1) is 10.6. The lowest BCUT2D eigenvalue weighted by atomic mass is 10.3.